The zero-order valence-corrected chi connectivity index (χ0v) is 35.6. The molecule has 0 fully saturated rings. The van der Waals surface area contributed by atoms with E-state index in [1.165, 1.54) is 14.2 Å². The molecule has 0 bridgehead atoms. The molecule has 56 heavy (non-hydrogen) atoms. The average Bonchev–Trinajstić information content (AvgIpc) is 3.77. The molecule has 0 aliphatic carbocycles. The Morgan fingerprint density at radius 2 is 0.893 bits per heavy atom. The van der Waals surface area contributed by atoms with Gasteiger partial charge in [-0.15, -0.1) is 0 Å². The summed E-state index contributed by atoms with van der Waals surface area (Å²) in [7, 11) is 2.76. The standard InChI is InChI=1S/C44H58N4O8/c1-23-25(3)39(41(51)55-43(7,8)9)47-33(23)21-35-27(5)29(15-19-37(49)53-13)31(45-35)17-18-32-30(16-20-38(50)54-14)28(6)36(46-32)22-34-24(2)26(4)40(48-34)42(52)56-44(10,11)12/h21-22,45-46H,15-20H2,1-14H3/b33-21+,34-22+. The van der Waals surface area contributed by atoms with E-state index in [-0.39, 0.29) is 36.2 Å². The molecule has 0 saturated carbocycles. The Balaban J connectivity index is 1.73. The van der Waals surface area contributed by atoms with Gasteiger partial charge in [-0.05, 0) is 165 Å². The highest BCUT2D eigenvalue weighted by Gasteiger charge is 2.30. The third-order valence-electron chi connectivity index (χ3n) is 10.1. The SMILES string of the molecule is COC(=O)CCc1c(CCc2[nH]c(/C=C3/N=C(C(=O)OC(C)(C)C)C(C)=C3C)c(C)c2CCC(=O)OC)[nH]c(/C=C2/N=C(C(=O)OC(C)(C)C)C(C)=C2C)c1C. The minimum absolute atomic E-state index is 0.207. The summed E-state index contributed by atoms with van der Waals surface area (Å²) in [5.74, 6) is -1.55. The smallest absolute Gasteiger partial charge is 0.357 e. The number of carbonyl (C=O) groups excluding carboxylic acids is 4. The second kappa shape index (κ2) is 17.3. The fraction of sp³-hybridized carbons (Fsp3) is 0.500. The van der Waals surface area contributed by atoms with Crippen LogP contribution in [0.4, 0.5) is 0 Å². The maximum atomic E-state index is 13.0. The second-order valence-electron chi connectivity index (χ2n) is 16.4. The summed E-state index contributed by atoms with van der Waals surface area (Å²) in [6.45, 7) is 22.6. The number of aromatic amines is 2. The lowest BCUT2D eigenvalue weighted by molar-refractivity contribution is -0.147. The largest absolute Gasteiger partial charge is 0.469 e. The number of ether oxygens (including phenoxy) is 4. The van der Waals surface area contributed by atoms with Gasteiger partial charge in [-0.1, -0.05) is 0 Å². The quantitative estimate of drug-likeness (QED) is 0.154. The summed E-state index contributed by atoms with van der Waals surface area (Å²) in [4.78, 5) is 67.1. The molecule has 4 heterocycles. The first-order valence-corrected chi connectivity index (χ1v) is 19.0. The van der Waals surface area contributed by atoms with Gasteiger partial charge in [0, 0.05) is 35.6 Å². The van der Waals surface area contributed by atoms with E-state index in [0.717, 1.165) is 67.3 Å². The van der Waals surface area contributed by atoms with Gasteiger partial charge in [0.25, 0.3) is 0 Å². The summed E-state index contributed by atoms with van der Waals surface area (Å²) in [5, 5.41) is 0. The number of aromatic nitrogens is 2. The third kappa shape index (κ3) is 10.3. The molecule has 0 aromatic carbocycles. The van der Waals surface area contributed by atoms with Gasteiger partial charge in [0.15, 0.2) is 11.4 Å². The van der Waals surface area contributed by atoms with Crippen LogP contribution in [-0.4, -0.2) is 70.7 Å². The number of allylic oxidation sites excluding steroid dienone is 2. The van der Waals surface area contributed by atoms with Crippen molar-refractivity contribution in [2.45, 2.75) is 133 Å². The van der Waals surface area contributed by atoms with Gasteiger partial charge >= 0.3 is 23.9 Å². The van der Waals surface area contributed by atoms with Crippen LogP contribution in [0.15, 0.2) is 43.7 Å². The van der Waals surface area contributed by atoms with Crippen LogP contribution < -0.4 is 0 Å². The van der Waals surface area contributed by atoms with Crippen LogP contribution in [0.1, 0.15) is 127 Å². The molecule has 0 atom stereocenters. The molecule has 2 aromatic rings. The molecule has 0 spiro atoms. The summed E-state index contributed by atoms with van der Waals surface area (Å²) >= 11 is 0. The third-order valence-corrected chi connectivity index (χ3v) is 10.1. The number of carbonyl (C=O) groups is 4. The first-order valence-electron chi connectivity index (χ1n) is 19.0. The van der Waals surface area contributed by atoms with Crippen molar-refractivity contribution in [3.63, 3.8) is 0 Å². The van der Waals surface area contributed by atoms with Crippen molar-refractivity contribution in [3.05, 3.63) is 78.7 Å². The summed E-state index contributed by atoms with van der Waals surface area (Å²) in [6, 6.07) is 0. The van der Waals surface area contributed by atoms with E-state index < -0.39 is 23.1 Å². The average molecular weight is 771 g/mol. The summed E-state index contributed by atoms with van der Waals surface area (Å²) < 4.78 is 21.2. The van der Waals surface area contributed by atoms with Crippen molar-refractivity contribution in [2.75, 3.05) is 14.2 Å². The lowest BCUT2D eigenvalue weighted by atomic mass is 9.98. The van der Waals surface area contributed by atoms with E-state index in [1.807, 2.05) is 95.2 Å². The van der Waals surface area contributed by atoms with Gasteiger partial charge in [-0.2, -0.15) is 0 Å². The minimum atomic E-state index is -0.654. The van der Waals surface area contributed by atoms with Gasteiger partial charge in [0.05, 0.1) is 25.6 Å². The molecule has 0 saturated heterocycles. The number of rotatable bonds is 13. The lowest BCUT2D eigenvalue weighted by Crippen LogP contribution is -2.28. The van der Waals surface area contributed by atoms with Crippen molar-refractivity contribution in [1.82, 2.24) is 9.97 Å². The Morgan fingerprint density at radius 1 is 0.554 bits per heavy atom. The van der Waals surface area contributed by atoms with Crippen molar-refractivity contribution < 1.29 is 38.1 Å². The molecular weight excluding hydrogens is 713 g/mol. The molecule has 2 aromatic heterocycles. The number of nitrogens with zero attached hydrogens (tertiary/aromatic N) is 2. The first kappa shape index (κ1) is 43.5. The number of aryl methyl sites for hydroxylation is 2. The van der Waals surface area contributed by atoms with Crippen LogP contribution in [0.25, 0.3) is 12.2 Å². The van der Waals surface area contributed by atoms with Gasteiger partial charge in [0.1, 0.15) is 11.2 Å². The molecule has 2 aliphatic heterocycles. The highest BCUT2D eigenvalue weighted by Crippen LogP contribution is 2.33. The van der Waals surface area contributed by atoms with Crippen LogP contribution in [0.3, 0.4) is 0 Å². The Labute approximate surface area is 330 Å². The monoisotopic (exact) mass is 770 g/mol. The predicted octanol–water partition coefficient (Wildman–Crippen LogP) is 7.90. The number of esters is 4. The molecule has 0 radical (unpaired) electrons. The Hall–Kier alpha value is -5.26. The second-order valence-corrected chi connectivity index (χ2v) is 16.4. The number of methoxy groups -OCH3 is 2. The zero-order valence-electron chi connectivity index (χ0n) is 35.6. The van der Waals surface area contributed by atoms with Gasteiger partial charge < -0.3 is 28.9 Å². The highest BCUT2D eigenvalue weighted by atomic mass is 16.6. The molecule has 12 heteroatoms. The Kier molecular flexibility index (Phi) is 13.4. The molecule has 12 nitrogen and oxygen atoms in total. The van der Waals surface area contributed by atoms with Gasteiger partial charge in [-0.3, -0.25) is 9.59 Å². The number of H-pyrrole nitrogens is 2. The molecule has 302 valence electrons. The lowest BCUT2D eigenvalue weighted by Gasteiger charge is -2.19. The topological polar surface area (TPSA) is 162 Å². The maximum absolute atomic E-state index is 13.0. The van der Waals surface area contributed by atoms with Gasteiger partial charge in [-0.25, -0.2) is 19.6 Å². The number of hydrogen-bond acceptors (Lipinski definition) is 10. The molecule has 0 unspecified atom stereocenters. The Morgan fingerprint density at radius 3 is 1.20 bits per heavy atom. The van der Waals surface area contributed by atoms with E-state index in [1.54, 1.807) is 0 Å². The highest BCUT2D eigenvalue weighted by molar-refractivity contribution is 6.45. The van der Waals surface area contributed by atoms with E-state index in [4.69, 9.17) is 18.9 Å². The normalized spacial score (nSPS) is 16.2. The number of hydrogen-bond donors (Lipinski definition) is 2. The fourth-order valence-corrected chi connectivity index (χ4v) is 6.66. The first-order chi connectivity index (χ1) is 26.0. The van der Waals surface area contributed by atoms with E-state index >= 15 is 0 Å². The van der Waals surface area contributed by atoms with Crippen LogP contribution in [0.5, 0.6) is 0 Å². The zero-order chi connectivity index (χ0) is 41.9. The molecule has 2 N–H and O–H groups in total. The predicted molar refractivity (Wildman–Crippen MR) is 218 cm³/mol. The molecule has 4 rings (SSSR count). The van der Waals surface area contributed by atoms with Crippen LogP contribution in [-0.2, 0) is 63.8 Å². The summed E-state index contributed by atoms with van der Waals surface area (Å²) in [5.41, 5.74) is 11.4. The van der Waals surface area contributed by atoms with E-state index in [0.29, 0.717) is 37.1 Å². The van der Waals surface area contributed by atoms with Crippen LogP contribution >= 0.6 is 0 Å². The van der Waals surface area contributed by atoms with Crippen molar-refractivity contribution in [3.8, 4) is 0 Å². The molecular formula is C44H58N4O8. The number of nitrogens with one attached hydrogen (secondary N) is 2. The fourth-order valence-electron chi connectivity index (χ4n) is 6.66. The van der Waals surface area contributed by atoms with Crippen molar-refractivity contribution in [2.24, 2.45) is 9.98 Å². The van der Waals surface area contributed by atoms with Crippen LogP contribution in [0, 0.1) is 13.8 Å². The van der Waals surface area contributed by atoms with Gasteiger partial charge in [0.2, 0.25) is 0 Å². The molecule has 0 amide bonds. The molecule has 2 aliphatic rings. The Bertz CT molecular complexity index is 1970. The van der Waals surface area contributed by atoms with Crippen molar-refractivity contribution >= 4 is 47.5 Å². The van der Waals surface area contributed by atoms with Crippen molar-refractivity contribution in [1.29, 1.82) is 0 Å². The van der Waals surface area contributed by atoms with E-state index in [2.05, 4.69) is 20.0 Å². The van der Waals surface area contributed by atoms with E-state index in [9.17, 15) is 19.2 Å². The van der Waals surface area contributed by atoms with Crippen LogP contribution in [0.2, 0.25) is 0 Å². The maximum Gasteiger partial charge on any atom is 0.357 e. The summed E-state index contributed by atoms with van der Waals surface area (Å²) in [6.07, 6.45) is 6.39. The number of aliphatic imine (C=N–C) groups is 2. The minimum Gasteiger partial charge on any atom is -0.469 e.